The van der Waals surface area contributed by atoms with E-state index in [2.05, 4.69) is 15.9 Å². The van der Waals surface area contributed by atoms with Crippen LogP contribution in [0.1, 0.15) is 11.1 Å². The number of nitrogens with two attached hydrogens (primary N) is 1. The Morgan fingerprint density at radius 1 is 1.19 bits per heavy atom. The second-order valence-electron chi connectivity index (χ2n) is 4.85. The first kappa shape index (κ1) is 14.0. The smallest absolute Gasteiger partial charge is 0.161 e. The maximum absolute atomic E-state index is 14.5. The SMILES string of the molecule is N=C(N)c1ccc(N2CCc3ccc(F)cc32)c(F)c1Br. The molecular formula is C15H12BrF2N3. The van der Waals surface area contributed by atoms with Gasteiger partial charge >= 0.3 is 0 Å². The van der Waals surface area contributed by atoms with E-state index in [1.807, 2.05) is 0 Å². The minimum absolute atomic E-state index is 0.150. The van der Waals surface area contributed by atoms with Gasteiger partial charge in [0.15, 0.2) is 5.82 Å². The van der Waals surface area contributed by atoms with Gasteiger partial charge in [-0.3, -0.25) is 5.41 Å². The first-order valence-corrected chi connectivity index (χ1v) is 7.16. The third kappa shape index (κ3) is 2.29. The Morgan fingerprint density at radius 2 is 1.95 bits per heavy atom. The monoisotopic (exact) mass is 351 g/mol. The van der Waals surface area contributed by atoms with E-state index < -0.39 is 5.82 Å². The quantitative estimate of drug-likeness (QED) is 0.640. The number of nitrogens with zero attached hydrogens (tertiary/aromatic N) is 1. The highest BCUT2D eigenvalue weighted by molar-refractivity contribution is 9.10. The number of anilines is 2. The van der Waals surface area contributed by atoms with Crippen molar-refractivity contribution in [1.29, 1.82) is 5.41 Å². The predicted molar refractivity (Wildman–Crippen MR) is 82.2 cm³/mol. The van der Waals surface area contributed by atoms with Crippen molar-refractivity contribution < 1.29 is 8.78 Å². The summed E-state index contributed by atoms with van der Waals surface area (Å²) in [6.45, 7) is 0.585. The summed E-state index contributed by atoms with van der Waals surface area (Å²) in [6.07, 6.45) is 0.737. The van der Waals surface area contributed by atoms with Gasteiger partial charge in [0.05, 0.1) is 10.2 Å². The van der Waals surface area contributed by atoms with Crippen LogP contribution in [-0.2, 0) is 6.42 Å². The first-order valence-electron chi connectivity index (χ1n) is 6.37. The molecule has 0 amide bonds. The van der Waals surface area contributed by atoms with Crippen molar-refractivity contribution in [2.24, 2.45) is 5.73 Å². The van der Waals surface area contributed by atoms with Crippen LogP contribution in [0.3, 0.4) is 0 Å². The van der Waals surface area contributed by atoms with Crippen molar-refractivity contribution in [2.75, 3.05) is 11.4 Å². The first-order chi connectivity index (χ1) is 9.99. The molecule has 0 bridgehead atoms. The van der Waals surface area contributed by atoms with E-state index >= 15 is 0 Å². The molecular weight excluding hydrogens is 340 g/mol. The molecule has 0 saturated heterocycles. The molecule has 1 aliphatic rings. The number of amidine groups is 1. The number of nitrogens with one attached hydrogen (secondary N) is 1. The van der Waals surface area contributed by atoms with Crippen LogP contribution in [0, 0.1) is 17.0 Å². The van der Waals surface area contributed by atoms with Gasteiger partial charge in [-0.2, -0.15) is 0 Å². The van der Waals surface area contributed by atoms with E-state index in [0.717, 1.165) is 12.0 Å². The summed E-state index contributed by atoms with van der Waals surface area (Å²) in [6, 6.07) is 7.70. The topological polar surface area (TPSA) is 53.1 Å². The van der Waals surface area contributed by atoms with E-state index in [9.17, 15) is 8.78 Å². The lowest BCUT2D eigenvalue weighted by Gasteiger charge is -2.21. The normalized spacial score (nSPS) is 13.4. The second kappa shape index (κ2) is 5.11. The van der Waals surface area contributed by atoms with Crippen LogP contribution in [0.5, 0.6) is 0 Å². The van der Waals surface area contributed by atoms with Gasteiger partial charge < -0.3 is 10.6 Å². The molecule has 21 heavy (non-hydrogen) atoms. The molecule has 0 aromatic heterocycles. The molecule has 2 aromatic rings. The molecule has 2 aromatic carbocycles. The van der Waals surface area contributed by atoms with E-state index in [4.69, 9.17) is 11.1 Å². The summed E-state index contributed by atoms with van der Waals surface area (Å²) >= 11 is 3.14. The van der Waals surface area contributed by atoms with Crippen LogP contribution in [0.15, 0.2) is 34.8 Å². The molecule has 3 N–H and O–H groups in total. The summed E-state index contributed by atoms with van der Waals surface area (Å²) in [5.74, 6) is -1.06. The highest BCUT2D eigenvalue weighted by Gasteiger charge is 2.25. The molecule has 108 valence electrons. The number of hydrogen-bond donors (Lipinski definition) is 2. The average molecular weight is 352 g/mol. The third-order valence-corrected chi connectivity index (χ3v) is 4.36. The number of nitrogen functional groups attached to an aromatic ring is 1. The zero-order chi connectivity index (χ0) is 15.1. The van der Waals surface area contributed by atoms with Crippen molar-refractivity contribution in [3.63, 3.8) is 0 Å². The lowest BCUT2D eigenvalue weighted by Crippen LogP contribution is -2.17. The van der Waals surface area contributed by atoms with Gasteiger partial charge in [-0.25, -0.2) is 8.78 Å². The van der Waals surface area contributed by atoms with Crippen molar-refractivity contribution in [3.05, 3.63) is 57.6 Å². The van der Waals surface area contributed by atoms with E-state index in [-0.39, 0.29) is 16.1 Å². The van der Waals surface area contributed by atoms with Crippen LogP contribution in [0.4, 0.5) is 20.2 Å². The largest absolute Gasteiger partial charge is 0.384 e. The van der Waals surface area contributed by atoms with Crippen molar-refractivity contribution in [3.8, 4) is 0 Å². The van der Waals surface area contributed by atoms with Crippen molar-refractivity contribution >= 4 is 33.1 Å². The van der Waals surface area contributed by atoms with Gasteiger partial charge in [0.1, 0.15) is 11.7 Å². The Balaban J connectivity index is 2.10. The Morgan fingerprint density at radius 3 is 2.67 bits per heavy atom. The number of halogens is 3. The highest BCUT2D eigenvalue weighted by atomic mass is 79.9. The lowest BCUT2D eigenvalue weighted by atomic mass is 10.1. The third-order valence-electron chi connectivity index (χ3n) is 3.59. The number of fused-ring (bicyclic) bond motifs is 1. The molecule has 0 atom stereocenters. The summed E-state index contributed by atoms with van der Waals surface area (Å²) in [7, 11) is 0. The Labute approximate surface area is 129 Å². The fourth-order valence-corrected chi connectivity index (χ4v) is 3.11. The molecule has 0 fully saturated rings. The molecule has 1 aliphatic heterocycles. The maximum atomic E-state index is 14.5. The zero-order valence-corrected chi connectivity index (χ0v) is 12.5. The van der Waals surface area contributed by atoms with Crippen LogP contribution in [-0.4, -0.2) is 12.4 Å². The number of benzene rings is 2. The minimum atomic E-state index is -0.500. The fraction of sp³-hybridized carbons (Fsp3) is 0.133. The van der Waals surface area contributed by atoms with Gasteiger partial charge in [-0.15, -0.1) is 0 Å². The zero-order valence-electron chi connectivity index (χ0n) is 11.0. The second-order valence-corrected chi connectivity index (χ2v) is 5.64. The van der Waals surface area contributed by atoms with Crippen molar-refractivity contribution in [2.45, 2.75) is 6.42 Å². The highest BCUT2D eigenvalue weighted by Crippen LogP contribution is 2.38. The summed E-state index contributed by atoms with van der Waals surface area (Å²) in [5.41, 5.74) is 7.72. The van der Waals surface area contributed by atoms with E-state index in [1.165, 1.54) is 12.1 Å². The van der Waals surface area contributed by atoms with E-state index in [0.29, 0.717) is 23.5 Å². The van der Waals surface area contributed by atoms with Crippen molar-refractivity contribution in [1.82, 2.24) is 0 Å². The standard InChI is InChI=1S/C15H12BrF2N3/c16-13-10(15(19)20)3-4-11(14(13)18)21-6-5-8-1-2-9(17)7-12(8)21/h1-4,7H,5-6H2,(H3,19,20). The Bertz CT molecular complexity index is 746. The average Bonchev–Trinajstić information content (AvgIpc) is 2.84. The predicted octanol–water partition coefficient (Wildman–Crippen LogP) is 3.71. The van der Waals surface area contributed by atoms with Gasteiger partial charge in [0.25, 0.3) is 0 Å². The summed E-state index contributed by atoms with van der Waals surface area (Å²) in [4.78, 5) is 1.74. The van der Waals surface area contributed by atoms with Crippen LogP contribution < -0.4 is 10.6 Å². The Kier molecular flexibility index (Phi) is 3.41. The maximum Gasteiger partial charge on any atom is 0.161 e. The van der Waals surface area contributed by atoms with Gasteiger partial charge in [0.2, 0.25) is 0 Å². The van der Waals surface area contributed by atoms with Gasteiger partial charge in [-0.05, 0) is 52.2 Å². The number of hydrogen-bond acceptors (Lipinski definition) is 2. The molecule has 1 heterocycles. The Hall–Kier alpha value is -1.95. The summed E-state index contributed by atoms with van der Waals surface area (Å²) < 4.78 is 28.1. The van der Waals surface area contributed by atoms with Crippen LogP contribution >= 0.6 is 15.9 Å². The van der Waals surface area contributed by atoms with Gasteiger partial charge in [0, 0.05) is 17.8 Å². The molecule has 0 radical (unpaired) electrons. The molecule has 0 unspecified atom stereocenters. The molecule has 0 spiro atoms. The van der Waals surface area contributed by atoms with E-state index in [1.54, 1.807) is 23.1 Å². The van der Waals surface area contributed by atoms with Crippen LogP contribution in [0.2, 0.25) is 0 Å². The molecule has 0 saturated carbocycles. The van der Waals surface area contributed by atoms with Crippen LogP contribution in [0.25, 0.3) is 0 Å². The molecule has 6 heteroatoms. The minimum Gasteiger partial charge on any atom is -0.384 e. The lowest BCUT2D eigenvalue weighted by molar-refractivity contribution is 0.617. The summed E-state index contributed by atoms with van der Waals surface area (Å²) in [5, 5.41) is 7.42. The van der Waals surface area contributed by atoms with Gasteiger partial charge in [-0.1, -0.05) is 6.07 Å². The molecule has 3 rings (SSSR count). The fourth-order valence-electron chi connectivity index (χ4n) is 2.56. The molecule has 3 nitrogen and oxygen atoms in total. The number of rotatable bonds is 2. The molecule has 0 aliphatic carbocycles.